The maximum absolute atomic E-state index is 9.82. The first-order valence-electron chi connectivity index (χ1n) is 4.13. The van der Waals surface area contributed by atoms with Gasteiger partial charge in [-0.25, -0.2) is 0 Å². The fraction of sp³-hybridized carbons (Fsp3) is 0.600. The van der Waals surface area contributed by atoms with Crippen molar-refractivity contribution in [3.8, 4) is 0 Å². The van der Waals surface area contributed by atoms with Gasteiger partial charge in [0.15, 0.2) is 0 Å². The van der Waals surface area contributed by atoms with Gasteiger partial charge in [0.1, 0.15) is 5.60 Å². The summed E-state index contributed by atoms with van der Waals surface area (Å²) in [6.07, 6.45) is 4.79. The molecule has 0 saturated heterocycles. The van der Waals surface area contributed by atoms with Crippen molar-refractivity contribution in [2.75, 3.05) is 0 Å². The molecule has 68 valence electrons. The maximum atomic E-state index is 9.82. The van der Waals surface area contributed by atoms with E-state index in [-0.39, 0.29) is 5.41 Å². The third-order valence-electron chi connectivity index (χ3n) is 2.46. The molecule has 0 aromatic rings. The maximum Gasteiger partial charge on any atom is 0.101 e. The summed E-state index contributed by atoms with van der Waals surface area (Å²) in [5.74, 6) is 0. The van der Waals surface area contributed by atoms with Crippen molar-refractivity contribution >= 4 is 0 Å². The summed E-state index contributed by atoms with van der Waals surface area (Å²) >= 11 is 0. The molecule has 0 aromatic carbocycles. The standard InChI is InChI=1S/C10H16O2/c1-4-10(12)6-5-8(11)9(2,3)7-10/h4-6,8,11-12H,1,7H2,2-3H3/t8-,10-/m0/s1. The molecular weight excluding hydrogens is 152 g/mol. The minimum Gasteiger partial charge on any atom is -0.388 e. The van der Waals surface area contributed by atoms with Crippen LogP contribution in [0.25, 0.3) is 0 Å². The Hall–Kier alpha value is -0.600. The quantitative estimate of drug-likeness (QED) is 0.578. The van der Waals surface area contributed by atoms with Crippen LogP contribution in [-0.2, 0) is 0 Å². The fourth-order valence-electron chi connectivity index (χ4n) is 1.55. The molecule has 0 saturated carbocycles. The molecule has 1 rings (SSSR count). The molecule has 0 unspecified atom stereocenters. The third-order valence-corrected chi connectivity index (χ3v) is 2.46. The number of hydrogen-bond donors (Lipinski definition) is 2. The summed E-state index contributed by atoms with van der Waals surface area (Å²) in [4.78, 5) is 0. The molecule has 0 fully saturated rings. The first kappa shape index (κ1) is 9.49. The molecule has 12 heavy (non-hydrogen) atoms. The molecule has 0 aromatic heterocycles. The van der Waals surface area contributed by atoms with Crippen LogP contribution in [0.4, 0.5) is 0 Å². The van der Waals surface area contributed by atoms with Gasteiger partial charge in [0, 0.05) is 0 Å². The van der Waals surface area contributed by atoms with E-state index < -0.39 is 11.7 Å². The predicted molar refractivity (Wildman–Crippen MR) is 48.7 cm³/mol. The predicted octanol–water partition coefficient (Wildman–Crippen LogP) is 1.25. The van der Waals surface area contributed by atoms with Gasteiger partial charge in [-0.15, -0.1) is 0 Å². The Kier molecular flexibility index (Phi) is 2.15. The van der Waals surface area contributed by atoms with Gasteiger partial charge in [-0.2, -0.15) is 0 Å². The lowest BCUT2D eigenvalue weighted by Gasteiger charge is -2.39. The Morgan fingerprint density at radius 2 is 2.17 bits per heavy atom. The molecule has 0 bridgehead atoms. The lowest BCUT2D eigenvalue weighted by molar-refractivity contribution is 0.00602. The molecule has 2 nitrogen and oxygen atoms in total. The lowest BCUT2D eigenvalue weighted by Crippen LogP contribution is -2.41. The van der Waals surface area contributed by atoms with Crippen molar-refractivity contribution in [1.82, 2.24) is 0 Å². The second-order valence-corrected chi connectivity index (χ2v) is 4.16. The van der Waals surface area contributed by atoms with E-state index in [0.29, 0.717) is 6.42 Å². The Bertz CT molecular complexity index is 218. The highest BCUT2D eigenvalue weighted by molar-refractivity contribution is 5.19. The largest absolute Gasteiger partial charge is 0.388 e. The molecule has 0 spiro atoms. The summed E-state index contributed by atoms with van der Waals surface area (Å²) in [7, 11) is 0. The van der Waals surface area contributed by atoms with Crippen LogP contribution >= 0.6 is 0 Å². The highest BCUT2D eigenvalue weighted by atomic mass is 16.3. The highest BCUT2D eigenvalue weighted by Crippen LogP contribution is 2.37. The molecule has 1 aliphatic carbocycles. The third kappa shape index (κ3) is 1.59. The Morgan fingerprint density at radius 3 is 2.58 bits per heavy atom. The van der Waals surface area contributed by atoms with Gasteiger partial charge in [-0.1, -0.05) is 38.7 Å². The van der Waals surface area contributed by atoms with Gasteiger partial charge < -0.3 is 10.2 Å². The zero-order chi connectivity index (χ0) is 9.41. The van der Waals surface area contributed by atoms with E-state index in [4.69, 9.17) is 0 Å². The summed E-state index contributed by atoms with van der Waals surface area (Å²) in [6, 6.07) is 0. The lowest BCUT2D eigenvalue weighted by atomic mass is 9.72. The minimum absolute atomic E-state index is 0.280. The van der Waals surface area contributed by atoms with Crippen molar-refractivity contribution in [2.45, 2.75) is 32.0 Å². The molecule has 2 N–H and O–H groups in total. The van der Waals surface area contributed by atoms with E-state index in [1.165, 1.54) is 6.08 Å². The fourth-order valence-corrected chi connectivity index (χ4v) is 1.55. The monoisotopic (exact) mass is 168 g/mol. The van der Waals surface area contributed by atoms with Gasteiger partial charge in [0.05, 0.1) is 6.10 Å². The first-order chi connectivity index (χ1) is 5.40. The average molecular weight is 168 g/mol. The number of hydrogen-bond acceptors (Lipinski definition) is 2. The average Bonchev–Trinajstić information content (AvgIpc) is 1.97. The summed E-state index contributed by atoms with van der Waals surface area (Å²) in [5, 5.41) is 19.3. The van der Waals surface area contributed by atoms with Crippen LogP contribution in [0.5, 0.6) is 0 Å². The highest BCUT2D eigenvalue weighted by Gasteiger charge is 2.38. The number of rotatable bonds is 1. The van der Waals surface area contributed by atoms with Crippen molar-refractivity contribution in [1.29, 1.82) is 0 Å². The van der Waals surface area contributed by atoms with Crippen LogP contribution in [0.15, 0.2) is 24.8 Å². The van der Waals surface area contributed by atoms with E-state index in [1.54, 1.807) is 12.2 Å². The van der Waals surface area contributed by atoms with Crippen molar-refractivity contribution in [3.63, 3.8) is 0 Å². The molecule has 2 atom stereocenters. The van der Waals surface area contributed by atoms with Crippen LogP contribution in [0, 0.1) is 5.41 Å². The second-order valence-electron chi connectivity index (χ2n) is 4.16. The number of aliphatic hydroxyl groups excluding tert-OH is 1. The topological polar surface area (TPSA) is 40.5 Å². The van der Waals surface area contributed by atoms with E-state index in [0.717, 1.165) is 0 Å². The van der Waals surface area contributed by atoms with Crippen LogP contribution in [0.2, 0.25) is 0 Å². The van der Waals surface area contributed by atoms with Gasteiger partial charge in [0.25, 0.3) is 0 Å². The normalized spacial score (nSPS) is 39.5. The number of aliphatic hydroxyl groups is 2. The van der Waals surface area contributed by atoms with Crippen molar-refractivity contribution in [2.24, 2.45) is 5.41 Å². The SMILES string of the molecule is C=C[C@]1(O)C=C[C@H](O)C(C)(C)C1. The van der Waals surface area contributed by atoms with Crippen LogP contribution in [0.3, 0.4) is 0 Å². The van der Waals surface area contributed by atoms with Gasteiger partial charge in [-0.3, -0.25) is 0 Å². The van der Waals surface area contributed by atoms with E-state index in [2.05, 4.69) is 6.58 Å². The smallest absolute Gasteiger partial charge is 0.101 e. The van der Waals surface area contributed by atoms with Crippen molar-refractivity contribution < 1.29 is 10.2 Å². The zero-order valence-corrected chi connectivity index (χ0v) is 7.62. The second kappa shape index (κ2) is 2.71. The Balaban J connectivity index is 2.92. The summed E-state index contributed by atoms with van der Waals surface area (Å²) < 4.78 is 0. The van der Waals surface area contributed by atoms with Gasteiger partial charge in [0.2, 0.25) is 0 Å². The molecule has 0 heterocycles. The summed E-state index contributed by atoms with van der Waals surface area (Å²) in [5.41, 5.74) is -1.22. The Morgan fingerprint density at radius 1 is 1.58 bits per heavy atom. The molecular formula is C10H16O2. The molecule has 0 amide bonds. The van der Waals surface area contributed by atoms with E-state index in [9.17, 15) is 10.2 Å². The van der Waals surface area contributed by atoms with E-state index in [1.807, 2.05) is 13.8 Å². The zero-order valence-electron chi connectivity index (χ0n) is 7.62. The van der Waals surface area contributed by atoms with E-state index >= 15 is 0 Å². The van der Waals surface area contributed by atoms with Crippen LogP contribution in [-0.4, -0.2) is 21.9 Å². The van der Waals surface area contributed by atoms with Crippen LogP contribution in [0.1, 0.15) is 20.3 Å². The molecule has 1 aliphatic rings. The van der Waals surface area contributed by atoms with Crippen molar-refractivity contribution in [3.05, 3.63) is 24.8 Å². The minimum atomic E-state index is -0.942. The molecule has 0 aliphatic heterocycles. The van der Waals surface area contributed by atoms with Gasteiger partial charge >= 0.3 is 0 Å². The molecule has 2 heteroatoms. The summed E-state index contributed by atoms with van der Waals surface area (Å²) in [6.45, 7) is 7.42. The van der Waals surface area contributed by atoms with Gasteiger partial charge in [-0.05, 0) is 11.8 Å². The van der Waals surface area contributed by atoms with Crippen LogP contribution < -0.4 is 0 Å². The molecule has 0 radical (unpaired) electrons. The Labute approximate surface area is 73.2 Å². The first-order valence-corrected chi connectivity index (χ1v) is 4.13.